The molecule has 1 N–H and O–H groups in total. The molecule has 6 heteroatoms. The molecule has 0 aromatic heterocycles. The molecule has 0 heterocycles. The molecule has 0 spiro atoms. The van der Waals surface area contributed by atoms with Gasteiger partial charge in [0.1, 0.15) is 23.5 Å². The summed E-state index contributed by atoms with van der Waals surface area (Å²) in [6, 6.07) is 12.9. The number of rotatable bonds is 6. The van der Waals surface area contributed by atoms with Gasteiger partial charge in [-0.2, -0.15) is 0 Å². The molecule has 6 nitrogen and oxygen atoms in total. The van der Waals surface area contributed by atoms with Crippen LogP contribution in [0.1, 0.15) is 6.92 Å². The predicted molar refractivity (Wildman–Crippen MR) is 78.8 cm³/mol. The number of aldehydes is 1. The Morgan fingerprint density at radius 1 is 1.19 bits per heavy atom. The van der Waals surface area contributed by atoms with Gasteiger partial charge in [-0.1, -0.05) is 18.2 Å². The first-order chi connectivity index (χ1) is 10.1. The maximum absolute atomic E-state index is 11.0. The Morgan fingerprint density at radius 2 is 1.90 bits per heavy atom. The number of nitrogens with zero attached hydrogens (tertiary/aromatic N) is 1. The maximum atomic E-state index is 11.0. The highest BCUT2D eigenvalue weighted by atomic mass is 16.6. The Hall–Kier alpha value is -2.89. The summed E-state index contributed by atoms with van der Waals surface area (Å²) < 4.78 is 5.62. The topological polar surface area (TPSA) is 81.5 Å². The number of anilines is 1. The number of carbonyl (C=O) groups is 1. The first-order valence-corrected chi connectivity index (χ1v) is 6.33. The second-order valence-electron chi connectivity index (χ2n) is 4.42. The third kappa shape index (κ3) is 3.79. The van der Waals surface area contributed by atoms with Crippen LogP contribution in [0.3, 0.4) is 0 Å². The van der Waals surface area contributed by atoms with Gasteiger partial charge in [0.2, 0.25) is 0 Å². The lowest BCUT2D eigenvalue weighted by Gasteiger charge is -2.11. The van der Waals surface area contributed by atoms with Crippen LogP contribution < -0.4 is 10.1 Å². The Labute approximate surface area is 121 Å². The van der Waals surface area contributed by atoms with Crippen molar-refractivity contribution < 1.29 is 14.5 Å². The highest BCUT2D eigenvalue weighted by molar-refractivity contribution is 5.70. The van der Waals surface area contributed by atoms with Crippen LogP contribution in [0.25, 0.3) is 0 Å². The van der Waals surface area contributed by atoms with E-state index in [0.29, 0.717) is 17.8 Å². The third-order valence-electron chi connectivity index (χ3n) is 2.73. The van der Waals surface area contributed by atoms with Gasteiger partial charge >= 0.3 is 0 Å². The molecule has 0 fully saturated rings. The van der Waals surface area contributed by atoms with Gasteiger partial charge in [0.25, 0.3) is 5.69 Å². The minimum atomic E-state index is -0.532. The number of nitrogens with one attached hydrogen (secondary N) is 1. The molecule has 0 saturated heterocycles. The van der Waals surface area contributed by atoms with Crippen molar-refractivity contribution in [3.63, 3.8) is 0 Å². The maximum Gasteiger partial charge on any atom is 0.292 e. The number of carbonyl (C=O) groups excluding carboxylic acids is 1. The molecule has 2 rings (SSSR count). The number of nitro benzene ring substituents is 1. The molecule has 1 atom stereocenters. The molecule has 0 aliphatic carbocycles. The van der Waals surface area contributed by atoms with Gasteiger partial charge in [0, 0.05) is 12.1 Å². The first-order valence-electron chi connectivity index (χ1n) is 6.33. The van der Waals surface area contributed by atoms with Crippen molar-refractivity contribution in [2.45, 2.75) is 13.0 Å². The zero-order chi connectivity index (χ0) is 15.2. The monoisotopic (exact) mass is 286 g/mol. The molecule has 2 aromatic rings. The molecule has 2 aromatic carbocycles. The average Bonchev–Trinajstić information content (AvgIpc) is 2.48. The van der Waals surface area contributed by atoms with E-state index in [1.807, 2.05) is 18.2 Å². The Balaban J connectivity index is 2.30. The molecule has 0 amide bonds. The largest absolute Gasteiger partial charge is 0.457 e. The van der Waals surface area contributed by atoms with E-state index in [1.165, 1.54) is 18.2 Å². The molecule has 0 aliphatic rings. The fourth-order valence-electron chi connectivity index (χ4n) is 1.76. The van der Waals surface area contributed by atoms with Gasteiger partial charge < -0.3 is 14.8 Å². The highest BCUT2D eigenvalue weighted by Gasteiger charge is 2.16. The molecule has 108 valence electrons. The van der Waals surface area contributed by atoms with Gasteiger partial charge in [0.15, 0.2) is 0 Å². The van der Waals surface area contributed by atoms with Crippen LogP contribution in [0.4, 0.5) is 11.4 Å². The van der Waals surface area contributed by atoms with Crippen molar-refractivity contribution >= 4 is 17.7 Å². The minimum absolute atomic E-state index is 0.107. The summed E-state index contributed by atoms with van der Waals surface area (Å²) in [6.45, 7) is 1.61. The molecule has 21 heavy (non-hydrogen) atoms. The highest BCUT2D eigenvalue weighted by Crippen LogP contribution is 2.31. The molecule has 0 unspecified atom stereocenters. The second kappa shape index (κ2) is 6.51. The van der Waals surface area contributed by atoms with E-state index >= 15 is 0 Å². The zero-order valence-electron chi connectivity index (χ0n) is 11.4. The number of ether oxygens (including phenoxy) is 1. The van der Waals surface area contributed by atoms with Gasteiger partial charge in [-0.15, -0.1) is 0 Å². The van der Waals surface area contributed by atoms with Crippen LogP contribution in [-0.2, 0) is 4.79 Å². The van der Waals surface area contributed by atoms with E-state index in [2.05, 4.69) is 5.32 Å². The van der Waals surface area contributed by atoms with Crippen LogP contribution in [0.5, 0.6) is 11.5 Å². The smallest absolute Gasteiger partial charge is 0.292 e. The van der Waals surface area contributed by atoms with Gasteiger partial charge in [0.05, 0.1) is 11.0 Å². The number of hydrogen-bond donors (Lipinski definition) is 1. The van der Waals surface area contributed by atoms with E-state index in [1.54, 1.807) is 19.1 Å². The number of nitro groups is 1. The molecule has 0 saturated carbocycles. The summed E-state index contributed by atoms with van der Waals surface area (Å²) in [5, 5.41) is 13.8. The Kier molecular flexibility index (Phi) is 4.50. The van der Waals surface area contributed by atoms with Crippen LogP contribution in [0.15, 0.2) is 48.5 Å². The SMILES string of the molecule is C[C@H](C=O)Nc1cc(Oc2ccccc2)ccc1[N+](=O)[O-]. The second-order valence-corrected chi connectivity index (χ2v) is 4.42. The fraction of sp³-hybridized carbons (Fsp3) is 0.133. The van der Waals surface area contributed by atoms with Crippen molar-refractivity contribution in [3.8, 4) is 11.5 Å². The minimum Gasteiger partial charge on any atom is -0.457 e. The van der Waals surface area contributed by atoms with Crippen molar-refractivity contribution in [2.75, 3.05) is 5.32 Å². The first kappa shape index (κ1) is 14.5. The van der Waals surface area contributed by atoms with Crippen molar-refractivity contribution in [1.29, 1.82) is 0 Å². The number of para-hydroxylation sites is 1. The summed E-state index contributed by atoms with van der Waals surface area (Å²) in [4.78, 5) is 21.2. The summed E-state index contributed by atoms with van der Waals surface area (Å²) in [7, 11) is 0. The zero-order valence-corrected chi connectivity index (χ0v) is 11.4. The van der Waals surface area contributed by atoms with Crippen molar-refractivity contribution in [2.24, 2.45) is 0 Å². The molecular weight excluding hydrogens is 272 g/mol. The summed E-state index contributed by atoms with van der Waals surface area (Å²) in [5.74, 6) is 1.08. The van der Waals surface area contributed by atoms with Gasteiger partial charge in [-0.3, -0.25) is 10.1 Å². The van der Waals surface area contributed by atoms with Crippen molar-refractivity contribution in [1.82, 2.24) is 0 Å². The quantitative estimate of drug-likeness (QED) is 0.500. The summed E-state index contributed by atoms with van der Waals surface area (Å²) in [5.41, 5.74) is 0.136. The van der Waals surface area contributed by atoms with Crippen LogP contribution in [-0.4, -0.2) is 17.3 Å². The van der Waals surface area contributed by atoms with E-state index in [9.17, 15) is 14.9 Å². The normalized spacial score (nSPS) is 11.5. The lowest BCUT2D eigenvalue weighted by molar-refractivity contribution is -0.384. The lowest BCUT2D eigenvalue weighted by atomic mass is 10.2. The van der Waals surface area contributed by atoms with Gasteiger partial charge in [-0.25, -0.2) is 0 Å². The predicted octanol–water partition coefficient (Wildman–Crippen LogP) is 3.39. The fourth-order valence-corrected chi connectivity index (χ4v) is 1.76. The van der Waals surface area contributed by atoms with E-state index in [0.717, 1.165) is 0 Å². The molecule has 0 bridgehead atoms. The molecule has 0 radical (unpaired) electrons. The van der Waals surface area contributed by atoms with E-state index in [4.69, 9.17) is 4.74 Å². The number of hydrogen-bond acceptors (Lipinski definition) is 5. The van der Waals surface area contributed by atoms with Crippen LogP contribution >= 0.6 is 0 Å². The average molecular weight is 286 g/mol. The molecular formula is C15H14N2O4. The lowest BCUT2D eigenvalue weighted by Crippen LogP contribution is -2.17. The third-order valence-corrected chi connectivity index (χ3v) is 2.73. The van der Waals surface area contributed by atoms with Crippen LogP contribution in [0.2, 0.25) is 0 Å². The Bertz CT molecular complexity index is 643. The Morgan fingerprint density at radius 3 is 2.52 bits per heavy atom. The van der Waals surface area contributed by atoms with Crippen LogP contribution in [0, 0.1) is 10.1 Å². The van der Waals surface area contributed by atoms with E-state index in [-0.39, 0.29) is 11.4 Å². The van der Waals surface area contributed by atoms with E-state index < -0.39 is 11.0 Å². The summed E-state index contributed by atoms with van der Waals surface area (Å²) >= 11 is 0. The van der Waals surface area contributed by atoms with Crippen molar-refractivity contribution in [3.05, 3.63) is 58.6 Å². The number of benzene rings is 2. The standard InChI is InChI=1S/C15H14N2O4/c1-11(10-18)16-14-9-13(7-8-15(14)17(19)20)21-12-5-3-2-4-6-12/h2-11,16H,1H3/t11-/m1/s1. The summed E-state index contributed by atoms with van der Waals surface area (Å²) in [6.07, 6.45) is 0.675. The molecule has 0 aliphatic heterocycles. The van der Waals surface area contributed by atoms with Gasteiger partial charge in [-0.05, 0) is 25.1 Å².